The minimum absolute atomic E-state index is 0.311. The first-order valence-electron chi connectivity index (χ1n) is 3.17. The Morgan fingerprint density at radius 2 is 2.11 bits per heavy atom. The molecule has 4 N–H and O–H groups in total. The Morgan fingerprint density at radius 3 is 2.22 bits per heavy atom. The number of hydrogen-bond donors (Lipinski definition) is 2. The van der Waals surface area contributed by atoms with Crippen LogP contribution in [0.3, 0.4) is 0 Å². The molecule has 0 amide bonds. The lowest BCUT2D eigenvalue weighted by molar-refractivity contribution is 0.560. The zero-order valence-electron chi connectivity index (χ0n) is 6.44. The number of nitrogens with two attached hydrogens (primary N) is 2. The van der Waals surface area contributed by atoms with Crippen molar-refractivity contribution in [3.8, 4) is 0 Å². The van der Waals surface area contributed by atoms with Gasteiger partial charge < -0.3 is 11.5 Å². The van der Waals surface area contributed by atoms with Crippen LogP contribution in [-0.2, 0) is 0 Å². The summed E-state index contributed by atoms with van der Waals surface area (Å²) in [5.41, 5.74) is 12.0. The summed E-state index contributed by atoms with van der Waals surface area (Å²) < 4.78 is 0. The molecule has 0 fully saturated rings. The summed E-state index contributed by atoms with van der Waals surface area (Å²) >= 11 is 0. The Bertz CT molecular complexity index is 114. The zero-order valence-corrected chi connectivity index (χ0v) is 6.44. The largest absolute Gasteiger partial charge is 0.328 e. The first-order chi connectivity index (χ1) is 4.04. The second kappa shape index (κ2) is 2.99. The summed E-state index contributed by atoms with van der Waals surface area (Å²) in [6.07, 6.45) is 1.99. The Labute approximate surface area is 56.9 Å². The molecule has 2 heteroatoms. The molecule has 0 saturated heterocycles. The van der Waals surface area contributed by atoms with E-state index in [1.54, 1.807) is 0 Å². The van der Waals surface area contributed by atoms with E-state index in [0.717, 1.165) is 5.57 Å². The third kappa shape index (κ3) is 2.16. The van der Waals surface area contributed by atoms with Crippen LogP contribution in [0.15, 0.2) is 11.6 Å². The summed E-state index contributed by atoms with van der Waals surface area (Å²) in [5.74, 6) is 0. The monoisotopic (exact) mass is 128 g/mol. The first-order valence-corrected chi connectivity index (χ1v) is 3.17. The van der Waals surface area contributed by atoms with Crippen LogP contribution in [0.5, 0.6) is 0 Å². The van der Waals surface area contributed by atoms with E-state index in [4.69, 9.17) is 11.5 Å². The highest BCUT2D eigenvalue weighted by Crippen LogP contribution is 2.09. The van der Waals surface area contributed by atoms with Crippen molar-refractivity contribution in [1.29, 1.82) is 0 Å². The fourth-order valence-corrected chi connectivity index (χ4v) is 0.491. The number of allylic oxidation sites excluding steroid dienone is 1. The van der Waals surface area contributed by atoms with E-state index < -0.39 is 0 Å². The molecule has 0 aromatic rings. The van der Waals surface area contributed by atoms with Gasteiger partial charge >= 0.3 is 0 Å². The van der Waals surface area contributed by atoms with Gasteiger partial charge in [0.05, 0.1) is 0 Å². The molecule has 9 heavy (non-hydrogen) atoms. The highest BCUT2D eigenvalue weighted by atomic mass is 14.8. The van der Waals surface area contributed by atoms with Crippen LogP contribution < -0.4 is 11.5 Å². The molecule has 0 aliphatic heterocycles. The molecule has 2 nitrogen and oxygen atoms in total. The standard InChI is InChI=1S/C7H16N2/c1-4-6(2)7(3,9)5-8/h4H,5,8-9H2,1-3H3. The quantitative estimate of drug-likeness (QED) is 0.536. The molecule has 0 rings (SSSR count). The van der Waals surface area contributed by atoms with E-state index in [0.29, 0.717) is 6.54 Å². The summed E-state index contributed by atoms with van der Waals surface area (Å²) in [6, 6.07) is 0. The molecule has 0 aromatic heterocycles. The van der Waals surface area contributed by atoms with Gasteiger partial charge in [0.25, 0.3) is 0 Å². The minimum Gasteiger partial charge on any atom is -0.328 e. The summed E-state index contributed by atoms with van der Waals surface area (Å²) in [5, 5.41) is 0. The lowest BCUT2D eigenvalue weighted by Crippen LogP contribution is -2.44. The maximum absolute atomic E-state index is 5.78. The smallest absolute Gasteiger partial charge is 0.0461 e. The molecular weight excluding hydrogens is 112 g/mol. The van der Waals surface area contributed by atoms with Gasteiger partial charge in [-0.25, -0.2) is 0 Å². The normalized spacial score (nSPS) is 19.4. The highest BCUT2D eigenvalue weighted by molar-refractivity contribution is 5.14. The van der Waals surface area contributed by atoms with Crippen molar-refractivity contribution >= 4 is 0 Å². The molecule has 0 saturated carbocycles. The van der Waals surface area contributed by atoms with Crippen LogP contribution >= 0.6 is 0 Å². The van der Waals surface area contributed by atoms with E-state index in [2.05, 4.69) is 0 Å². The maximum Gasteiger partial charge on any atom is 0.0461 e. The number of rotatable bonds is 2. The summed E-state index contributed by atoms with van der Waals surface area (Å²) in [4.78, 5) is 0. The summed E-state index contributed by atoms with van der Waals surface area (Å²) in [6.45, 7) is 6.40. The molecule has 54 valence electrons. The van der Waals surface area contributed by atoms with Gasteiger partial charge in [-0.2, -0.15) is 0 Å². The van der Waals surface area contributed by atoms with Crippen LogP contribution in [0.1, 0.15) is 20.8 Å². The van der Waals surface area contributed by atoms with Gasteiger partial charge in [0.2, 0.25) is 0 Å². The van der Waals surface area contributed by atoms with Crippen LogP contribution in [0.4, 0.5) is 0 Å². The predicted octanol–water partition coefficient (Wildman–Crippen LogP) is 0.629. The van der Waals surface area contributed by atoms with E-state index in [1.807, 2.05) is 26.8 Å². The second-order valence-corrected chi connectivity index (χ2v) is 2.59. The van der Waals surface area contributed by atoms with Crippen molar-refractivity contribution in [2.45, 2.75) is 26.3 Å². The fourth-order valence-electron chi connectivity index (χ4n) is 0.491. The van der Waals surface area contributed by atoms with Gasteiger partial charge in [-0.1, -0.05) is 11.6 Å². The average Bonchev–Trinajstić information content (AvgIpc) is 1.86. The Balaban J connectivity index is 4.14. The van der Waals surface area contributed by atoms with E-state index in [1.165, 1.54) is 0 Å². The van der Waals surface area contributed by atoms with Crippen molar-refractivity contribution in [2.24, 2.45) is 11.5 Å². The van der Waals surface area contributed by atoms with Gasteiger partial charge in [-0.3, -0.25) is 0 Å². The lowest BCUT2D eigenvalue weighted by Gasteiger charge is -2.23. The molecule has 1 atom stereocenters. The lowest BCUT2D eigenvalue weighted by atomic mass is 9.94. The predicted molar refractivity (Wildman–Crippen MR) is 41.1 cm³/mol. The molecule has 1 unspecified atom stereocenters. The molecular formula is C7H16N2. The van der Waals surface area contributed by atoms with E-state index >= 15 is 0 Å². The molecule has 0 aromatic carbocycles. The molecule has 0 bridgehead atoms. The van der Waals surface area contributed by atoms with E-state index in [-0.39, 0.29) is 5.54 Å². The average molecular weight is 128 g/mol. The SMILES string of the molecule is CC=C(C)C(C)(N)CN. The maximum atomic E-state index is 5.78. The van der Waals surface area contributed by atoms with Crippen molar-refractivity contribution in [3.63, 3.8) is 0 Å². The molecule has 0 heterocycles. The van der Waals surface area contributed by atoms with Gasteiger partial charge in [0, 0.05) is 12.1 Å². The fraction of sp³-hybridized carbons (Fsp3) is 0.714. The molecule has 0 spiro atoms. The number of hydrogen-bond acceptors (Lipinski definition) is 2. The molecule has 0 aliphatic rings. The molecule has 0 radical (unpaired) electrons. The summed E-state index contributed by atoms with van der Waals surface area (Å²) in [7, 11) is 0. The minimum atomic E-state index is -0.311. The van der Waals surface area contributed by atoms with Crippen LogP contribution in [0.25, 0.3) is 0 Å². The topological polar surface area (TPSA) is 52.0 Å². The van der Waals surface area contributed by atoms with Gasteiger partial charge in [0.1, 0.15) is 0 Å². The van der Waals surface area contributed by atoms with Crippen LogP contribution in [-0.4, -0.2) is 12.1 Å². The van der Waals surface area contributed by atoms with E-state index in [9.17, 15) is 0 Å². The van der Waals surface area contributed by atoms with Gasteiger partial charge in [-0.05, 0) is 20.8 Å². The van der Waals surface area contributed by atoms with Gasteiger partial charge in [0.15, 0.2) is 0 Å². The highest BCUT2D eigenvalue weighted by Gasteiger charge is 2.16. The third-order valence-electron chi connectivity index (χ3n) is 1.76. The third-order valence-corrected chi connectivity index (χ3v) is 1.76. The van der Waals surface area contributed by atoms with Crippen molar-refractivity contribution in [3.05, 3.63) is 11.6 Å². The Morgan fingerprint density at radius 1 is 1.67 bits per heavy atom. The zero-order chi connectivity index (χ0) is 7.49. The van der Waals surface area contributed by atoms with Crippen molar-refractivity contribution < 1.29 is 0 Å². The van der Waals surface area contributed by atoms with Crippen LogP contribution in [0, 0.1) is 0 Å². The van der Waals surface area contributed by atoms with Crippen molar-refractivity contribution in [1.82, 2.24) is 0 Å². The van der Waals surface area contributed by atoms with Gasteiger partial charge in [-0.15, -0.1) is 0 Å². The second-order valence-electron chi connectivity index (χ2n) is 2.59. The Kier molecular flexibility index (Phi) is 2.88. The van der Waals surface area contributed by atoms with Crippen LogP contribution in [0.2, 0.25) is 0 Å². The first kappa shape index (κ1) is 8.66. The van der Waals surface area contributed by atoms with Crippen molar-refractivity contribution in [2.75, 3.05) is 6.54 Å². The molecule has 0 aliphatic carbocycles. The Hall–Kier alpha value is -0.340.